The lowest BCUT2D eigenvalue weighted by Gasteiger charge is -2.02. The first-order valence-corrected chi connectivity index (χ1v) is 3.25. The molecule has 2 atom stereocenters. The van der Waals surface area contributed by atoms with Crippen LogP contribution >= 0.6 is 0 Å². The van der Waals surface area contributed by atoms with Gasteiger partial charge in [-0.25, -0.2) is 0 Å². The molecule has 1 rings (SSSR count). The zero-order chi connectivity index (χ0) is 7.40. The summed E-state index contributed by atoms with van der Waals surface area (Å²) >= 11 is 0. The molecule has 0 amide bonds. The summed E-state index contributed by atoms with van der Waals surface area (Å²) in [6.07, 6.45) is 0.429. The number of aliphatic hydroxyl groups is 1. The van der Waals surface area contributed by atoms with E-state index in [1.807, 2.05) is 0 Å². The van der Waals surface area contributed by atoms with Gasteiger partial charge in [0.15, 0.2) is 0 Å². The number of hydrogen-bond donors (Lipinski definition) is 2. The normalized spacial score (nSPS) is 31.7. The van der Waals surface area contributed by atoms with Crippen LogP contribution in [-0.4, -0.2) is 30.3 Å². The van der Waals surface area contributed by atoms with E-state index in [1.54, 1.807) is 0 Å². The smallest absolute Gasteiger partial charge is 0.0679 e. The lowest BCUT2D eigenvalue weighted by Crippen LogP contribution is -2.23. The Morgan fingerprint density at radius 3 is 3.10 bits per heavy atom. The molecular formula is C5H10N4O. The van der Waals surface area contributed by atoms with E-state index in [4.69, 9.17) is 10.6 Å². The minimum atomic E-state index is -0.265. The topological polar surface area (TPSA) is 81.0 Å². The largest absolute Gasteiger partial charge is 0.392 e. The van der Waals surface area contributed by atoms with Gasteiger partial charge in [0.05, 0.1) is 6.10 Å². The van der Waals surface area contributed by atoms with Crippen LogP contribution in [0.1, 0.15) is 6.42 Å². The average Bonchev–Trinajstić information content (AvgIpc) is 2.31. The second-order valence-corrected chi connectivity index (χ2v) is 2.41. The summed E-state index contributed by atoms with van der Waals surface area (Å²) in [5, 5.41) is 15.4. The fourth-order valence-electron chi connectivity index (χ4n) is 1.07. The Morgan fingerprint density at radius 2 is 2.60 bits per heavy atom. The second kappa shape index (κ2) is 3.41. The van der Waals surface area contributed by atoms with Crippen molar-refractivity contribution >= 4 is 0 Å². The molecule has 56 valence electrons. The highest BCUT2D eigenvalue weighted by Crippen LogP contribution is 2.05. The van der Waals surface area contributed by atoms with Gasteiger partial charge < -0.3 is 10.4 Å². The molecule has 0 radical (unpaired) electrons. The maximum Gasteiger partial charge on any atom is 0.0679 e. The summed E-state index contributed by atoms with van der Waals surface area (Å²) in [5.74, 6) is 0. The maximum absolute atomic E-state index is 9.00. The third-order valence-electron chi connectivity index (χ3n) is 1.56. The highest BCUT2D eigenvalue weighted by molar-refractivity contribution is 4.82. The number of hydrogen-bond acceptors (Lipinski definition) is 3. The monoisotopic (exact) mass is 142 g/mol. The molecule has 5 heteroatoms. The fraction of sp³-hybridized carbons (Fsp3) is 1.00. The van der Waals surface area contributed by atoms with Crippen LogP contribution in [0.3, 0.4) is 0 Å². The number of β-amino-alcohol motifs (C(OH)–C–C–N with tert-alkyl or cyclic N) is 1. The second-order valence-electron chi connectivity index (χ2n) is 2.41. The van der Waals surface area contributed by atoms with E-state index < -0.39 is 0 Å². The molecule has 1 heterocycles. The molecule has 10 heavy (non-hydrogen) atoms. The summed E-state index contributed by atoms with van der Waals surface area (Å²) in [7, 11) is 0. The van der Waals surface area contributed by atoms with E-state index in [9.17, 15) is 0 Å². The van der Waals surface area contributed by atoms with E-state index in [2.05, 4.69) is 15.3 Å². The molecule has 1 aliphatic rings. The fourth-order valence-corrected chi connectivity index (χ4v) is 1.07. The Bertz CT molecular complexity index is 154. The summed E-state index contributed by atoms with van der Waals surface area (Å²) in [5.41, 5.74) is 7.96. The minimum Gasteiger partial charge on any atom is -0.392 e. The highest BCUT2D eigenvalue weighted by Gasteiger charge is 2.20. The van der Waals surface area contributed by atoms with Crippen molar-refractivity contribution in [1.82, 2.24) is 5.32 Å². The molecule has 0 aliphatic carbocycles. The average molecular weight is 142 g/mol. The first kappa shape index (κ1) is 7.34. The molecule has 0 spiro atoms. The Morgan fingerprint density at radius 1 is 1.80 bits per heavy atom. The van der Waals surface area contributed by atoms with Crippen molar-refractivity contribution in [3.05, 3.63) is 10.4 Å². The molecule has 1 aliphatic heterocycles. The maximum atomic E-state index is 9.00. The van der Waals surface area contributed by atoms with Gasteiger partial charge in [0.25, 0.3) is 0 Å². The van der Waals surface area contributed by atoms with Crippen LogP contribution in [0, 0.1) is 0 Å². The minimum absolute atomic E-state index is 0.172. The van der Waals surface area contributed by atoms with Crippen LogP contribution in [0.15, 0.2) is 5.11 Å². The van der Waals surface area contributed by atoms with Crippen LogP contribution < -0.4 is 5.32 Å². The van der Waals surface area contributed by atoms with Crippen LogP contribution in [-0.2, 0) is 0 Å². The Balaban J connectivity index is 2.24. The van der Waals surface area contributed by atoms with Crippen molar-refractivity contribution in [2.75, 3.05) is 13.1 Å². The first-order valence-electron chi connectivity index (χ1n) is 3.25. The van der Waals surface area contributed by atoms with Gasteiger partial charge in [0.2, 0.25) is 0 Å². The number of azide groups is 1. The van der Waals surface area contributed by atoms with Crippen molar-refractivity contribution in [2.24, 2.45) is 5.11 Å². The van der Waals surface area contributed by atoms with Gasteiger partial charge >= 0.3 is 0 Å². The molecule has 0 aromatic heterocycles. The van der Waals surface area contributed by atoms with Crippen LogP contribution in [0.25, 0.3) is 10.4 Å². The van der Waals surface area contributed by atoms with Crippen molar-refractivity contribution < 1.29 is 5.11 Å². The number of nitrogens with zero attached hydrogens (tertiary/aromatic N) is 3. The van der Waals surface area contributed by atoms with Crippen LogP contribution in [0.5, 0.6) is 0 Å². The zero-order valence-corrected chi connectivity index (χ0v) is 5.56. The summed E-state index contributed by atoms with van der Waals surface area (Å²) in [4.78, 5) is 2.63. The van der Waals surface area contributed by atoms with Crippen molar-refractivity contribution in [1.29, 1.82) is 0 Å². The molecule has 0 bridgehead atoms. The van der Waals surface area contributed by atoms with Crippen LogP contribution in [0.2, 0.25) is 0 Å². The van der Waals surface area contributed by atoms with E-state index in [0.29, 0.717) is 19.5 Å². The van der Waals surface area contributed by atoms with Crippen molar-refractivity contribution in [3.8, 4) is 0 Å². The Labute approximate surface area is 58.7 Å². The molecule has 0 saturated carbocycles. The Hall–Kier alpha value is -0.770. The predicted molar refractivity (Wildman–Crippen MR) is 36.4 cm³/mol. The van der Waals surface area contributed by atoms with Gasteiger partial charge in [-0.1, -0.05) is 5.11 Å². The standard InChI is InChI=1S/C5H10N4O/c6-9-8-2-4-1-5(10)3-7-4/h4-5,7,10H,1-3H2/t4-,5+/m0/s1. The van der Waals surface area contributed by atoms with E-state index in [-0.39, 0.29) is 12.1 Å². The van der Waals surface area contributed by atoms with Gasteiger partial charge in [0, 0.05) is 24.0 Å². The molecular weight excluding hydrogens is 132 g/mol. The molecule has 1 fully saturated rings. The van der Waals surface area contributed by atoms with E-state index in [1.165, 1.54) is 0 Å². The van der Waals surface area contributed by atoms with Gasteiger partial charge in [-0.15, -0.1) is 0 Å². The van der Waals surface area contributed by atoms with Crippen molar-refractivity contribution in [2.45, 2.75) is 18.6 Å². The molecule has 0 unspecified atom stereocenters. The van der Waals surface area contributed by atoms with Gasteiger partial charge in [-0.2, -0.15) is 0 Å². The first-order chi connectivity index (χ1) is 4.83. The lowest BCUT2D eigenvalue weighted by atomic mass is 10.2. The van der Waals surface area contributed by atoms with Crippen LogP contribution in [0.4, 0.5) is 0 Å². The van der Waals surface area contributed by atoms with Crippen molar-refractivity contribution in [3.63, 3.8) is 0 Å². The summed E-state index contributed by atoms with van der Waals surface area (Å²) in [6.45, 7) is 1.05. The molecule has 2 N–H and O–H groups in total. The van der Waals surface area contributed by atoms with E-state index >= 15 is 0 Å². The predicted octanol–water partition coefficient (Wildman–Crippen LogP) is 0.0195. The summed E-state index contributed by atoms with van der Waals surface area (Å²) in [6, 6.07) is 0.172. The van der Waals surface area contributed by atoms with Gasteiger partial charge in [0.1, 0.15) is 0 Å². The van der Waals surface area contributed by atoms with E-state index in [0.717, 1.165) is 0 Å². The number of aliphatic hydroxyl groups excluding tert-OH is 1. The summed E-state index contributed by atoms with van der Waals surface area (Å²) < 4.78 is 0. The molecule has 1 saturated heterocycles. The van der Waals surface area contributed by atoms with Gasteiger partial charge in [-0.3, -0.25) is 0 Å². The SMILES string of the molecule is [N-]=[N+]=NC[C@@H]1C[C@@H](O)CN1. The number of nitrogens with one attached hydrogen (secondary N) is 1. The molecule has 0 aromatic rings. The third-order valence-corrected chi connectivity index (χ3v) is 1.56. The number of rotatable bonds is 2. The van der Waals surface area contributed by atoms with Gasteiger partial charge in [-0.05, 0) is 12.0 Å². The highest BCUT2D eigenvalue weighted by atomic mass is 16.3. The quantitative estimate of drug-likeness (QED) is 0.323. The molecule has 5 nitrogen and oxygen atoms in total. The molecule has 0 aromatic carbocycles. The Kier molecular flexibility index (Phi) is 2.50. The lowest BCUT2D eigenvalue weighted by molar-refractivity contribution is 0.193. The zero-order valence-electron chi connectivity index (χ0n) is 5.56. The third kappa shape index (κ3) is 1.88.